The zero-order chi connectivity index (χ0) is 20.5. The Bertz CT molecular complexity index is 1350. The van der Waals surface area contributed by atoms with Crippen LogP contribution >= 0.6 is 0 Å². The monoisotopic (exact) mass is 399 g/mol. The number of para-hydroxylation sites is 1. The predicted octanol–water partition coefficient (Wildman–Crippen LogP) is 5.13. The van der Waals surface area contributed by atoms with E-state index in [4.69, 9.17) is 9.72 Å². The van der Waals surface area contributed by atoms with Gasteiger partial charge >= 0.3 is 0 Å². The van der Waals surface area contributed by atoms with E-state index in [-0.39, 0.29) is 5.75 Å². The second-order valence-corrected chi connectivity index (χ2v) is 6.94. The van der Waals surface area contributed by atoms with E-state index in [0.717, 1.165) is 33.6 Å². The minimum absolute atomic E-state index is 0.159. The molecule has 0 bridgehead atoms. The van der Waals surface area contributed by atoms with Gasteiger partial charge in [0.1, 0.15) is 11.6 Å². The number of hydrogen-bond donors (Lipinski definition) is 1. The molecule has 6 nitrogen and oxygen atoms in total. The van der Waals surface area contributed by atoms with Gasteiger partial charge in [-0.25, -0.2) is 13.9 Å². The zero-order valence-electron chi connectivity index (χ0n) is 16.2. The first-order valence-corrected chi connectivity index (χ1v) is 9.53. The molecule has 0 aliphatic rings. The van der Waals surface area contributed by atoms with Crippen LogP contribution < -0.4 is 10.1 Å². The molecule has 1 N–H and O–H groups in total. The summed E-state index contributed by atoms with van der Waals surface area (Å²) in [4.78, 5) is 8.67. The molecule has 30 heavy (non-hydrogen) atoms. The van der Waals surface area contributed by atoms with Gasteiger partial charge in [-0.2, -0.15) is 5.10 Å². The smallest absolute Gasteiger partial charge is 0.166 e. The largest absolute Gasteiger partial charge is 0.453 e. The fraction of sp³-hybridized carbons (Fsp3) is 0.0870. The third-order valence-corrected chi connectivity index (χ3v) is 4.74. The highest BCUT2D eigenvalue weighted by molar-refractivity contribution is 5.91. The number of pyridine rings is 1. The van der Waals surface area contributed by atoms with E-state index in [0.29, 0.717) is 12.3 Å². The summed E-state index contributed by atoms with van der Waals surface area (Å²) in [5.41, 5.74) is 3.40. The van der Waals surface area contributed by atoms with Gasteiger partial charge in [0.15, 0.2) is 17.2 Å². The Hall–Kier alpha value is -4.00. The maximum Gasteiger partial charge on any atom is 0.166 e. The molecule has 5 rings (SSSR count). The van der Waals surface area contributed by atoms with Crippen molar-refractivity contribution < 1.29 is 9.13 Å². The molecular formula is C23H18FN5O. The fourth-order valence-corrected chi connectivity index (χ4v) is 3.37. The van der Waals surface area contributed by atoms with Crippen LogP contribution in [0.4, 0.5) is 10.2 Å². The van der Waals surface area contributed by atoms with Crippen molar-refractivity contribution in [1.82, 2.24) is 19.6 Å². The third kappa shape index (κ3) is 3.41. The van der Waals surface area contributed by atoms with Crippen molar-refractivity contribution in [2.24, 2.45) is 0 Å². The topological polar surface area (TPSA) is 64.3 Å². The Morgan fingerprint density at radius 3 is 2.80 bits per heavy atom. The minimum atomic E-state index is -0.433. The van der Waals surface area contributed by atoms with Crippen LogP contribution in [0.25, 0.3) is 16.6 Å². The first kappa shape index (κ1) is 18.1. The van der Waals surface area contributed by atoms with Gasteiger partial charge in [0.25, 0.3) is 0 Å². The third-order valence-electron chi connectivity index (χ3n) is 4.74. The average Bonchev–Trinajstić information content (AvgIpc) is 3.15. The number of aryl methyl sites for hydroxylation is 1. The van der Waals surface area contributed by atoms with Gasteiger partial charge in [-0.1, -0.05) is 18.2 Å². The number of aromatic nitrogens is 4. The summed E-state index contributed by atoms with van der Waals surface area (Å²) in [6.07, 6.45) is 3.18. The number of benzene rings is 2. The fourth-order valence-electron chi connectivity index (χ4n) is 3.37. The van der Waals surface area contributed by atoms with Crippen LogP contribution in [0.15, 0.2) is 73.1 Å². The standard InChI is InChI=1S/C23H18FN5O/c1-15-11-22-27-23(18-6-2-3-7-20(18)29(22)28-15)26-13-16-8-9-21(19(24)12-16)30-17-5-4-10-25-14-17/h2-12,14H,13H2,1H3,(H,26,27). The average molecular weight is 399 g/mol. The van der Waals surface area contributed by atoms with Crippen molar-refractivity contribution >= 4 is 22.4 Å². The summed E-state index contributed by atoms with van der Waals surface area (Å²) in [7, 11) is 0. The lowest BCUT2D eigenvalue weighted by Crippen LogP contribution is -2.05. The van der Waals surface area contributed by atoms with Gasteiger partial charge in [-0.15, -0.1) is 0 Å². The van der Waals surface area contributed by atoms with Crippen molar-refractivity contribution in [2.45, 2.75) is 13.5 Å². The summed E-state index contributed by atoms with van der Waals surface area (Å²) >= 11 is 0. The number of nitrogens with one attached hydrogen (secondary N) is 1. The highest BCUT2D eigenvalue weighted by atomic mass is 19.1. The van der Waals surface area contributed by atoms with E-state index in [1.807, 2.05) is 47.8 Å². The number of halogens is 1. The summed E-state index contributed by atoms with van der Waals surface area (Å²) in [6.45, 7) is 2.36. The predicted molar refractivity (Wildman–Crippen MR) is 113 cm³/mol. The van der Waals surface area contributed by atoms with E-state index < -0.39 is 5.82 Å². The molecular weight excluding hydrogens is 381 g/mol. The molecule has 3 aromatic heterocycles. The highest BCUT2D eigenvalue weighted by Gasteiger charge is 2.11. The maximum absolute atomic E-state index is 14.5. The van der Waals surface area contributed by atoms with Crippen molar-refractivity contribution in [1.29, 1.82) is 0 Å². The SMILES string of the molecule is Cc1cc2nc(NCc3ccc(Oc4cccnc4)c(F)c3)c3ccccc3n2n1. The quantitative estimate of drug-likeness (QED) is 0.444. The van der Waals surface area contributed by atoms with Crippen LogP contribution in [0.5, 0.6) is 11.5 Å². The van der Waals surface area contributed by atoms with E-state index >= 15 is 0 Å². The van der Waals surface area contributed by atoms with Crippen LogP contribution in [-0.2, 0) is 6.54 Å². The Morgan fingerprint density at radius 1 is 1.07 bits per heavy atom. The Balaban J connectivity index is 1.40. The van der Waals surface area contributed by atoms with Crippen molar-refractivity contribution in [2.75, 3.05) is 5.32 Å². The number of anilines is 1. The number of rotatable bonds is 5. The van der Waals surface area contributed by atoms with Crippen LogP contribution in [-0.4, -0.2) is 19.6 Å². The lowest BCUT2D eigenvalue weighted by molar-refractivity contribution is 0.440. The summed E-state index contributed by atoms with van der Waals surface area (Å²) < 4.78 is 21.9. The molecule has 0 amide bonds. The normalized spacial score (nSPS) is 11.1. The molecule has 148 valence electrons. The van der Waals surface area contributed by atoms with Gasteiger partial charge in [-0.3, -0.25) is 4.98 Å². The second-order valence-electron chi connectivity index (χ2n) is 6.94. The first-order chi connectivity index (χ1) is 14.7. The Labute approximate surface area is 172 Å². The maximum atomic E-state index is 14.5. The zero-order valence-corrected chi connectivity index (χ0v) is 16.2. The van der Waals surface area contributed by atoms with Crippen LogP contribution in [0, 0.1) is 12.7 Å². The van der Waals surface area contributed by atoms with Gasteiger partial charge in [0.05, 0.1) is 17.4 Å². The van der Waals surface area contributed by atoms with E-state index in [9.17, 15) is 4.39 Å². The van der Waals surface area contributed by atoms with Crippen molar-refractivity contribution in [3.63, 3.8) is 0 Å². The molecule has 0 radical (unpaired) electrons. The van der Waals surface area contributed by atoms with Crippen molar-refractivity contribution in [3.8, 4) is 11.5 Å². The molecule has 0 atom stereocenters. The number of ether oxygens (including phenoxy) is 1. The van der Waals surface area contributed by atoms with Crippen molar-refractivity contribution in [3.05, 3.63) is 90.1 Å². The van der Waals surface area contributed by atoms with Crippen LogP contribution in [0.2, 0.25) is 0 Å². The van der Waals surface area contributed by atoms with Gasteiger partial charge in [0, 0.05) is 24.2 Å². The summed E-state index contributed by atoms with van der Waals surface area (Å²) in [5, 5.41) is 8.80. The minimum Gasteiger partial charge on any atom is -0.453 e. The molecule has 0 fully saturated rings. The second kappa shape index (κ2) is 7.44. The Kier molecular flexibility index (Phi) is 4.48. The van der Waals surface area contributed by atoms with E-state index in [1.54, 1.807) is 30.6 Å². The molecule has 5 aromatic rings. The lowest BCUT2D eigenvalue weighted by Gasteiger charge is -2.11. The highest BCUT2D eigenvalue weighted by Crippen LogP contribution is 2.26. The van der Waals surface area contributed by atoms with E-state index in [2.05, 4.69) is 15.4 Å². The van der Waals surface area contributed by atoms with Crippen LogP contribution in [0.1, 0.15) is 11.3 Å². The molecule has 0 aliphatic heterocycles. The molecule has 2 aromatic carbocycles. The molecule has 0 aliphatic carbocycles. The summed E-state index contributed by atoms with van der Waals surface area (Å²) in [6, 6.07) is 18.2. The molecule has 0 saturated heterocycles. The van der Waals surface area contributed by atoms with Gasteiger partial charge in [-0.05, 0) is 48.9 Å². The molecule has 3 heterocycles. The van der Waals surface area contributed by atoms with Crippen LogP contribution in [0.3, 0.4) is 0 Å². The molecule has 7 heteroatoms. The number of nitrogens with zero attached hydrogens (tertiary/aromatic N) is 4. The molecule has 0 spiro atoms. The first-order valence-electron chi connectivity index (χ1n) is 9.53. The van der Waals surface area contributed by atoms with Gasteiger partial charge in [0.2, 0.25) is 0 Å². The lowest BCUT2D eigenvalue weighted by atomic mass is 10.2. The Morgan fingerprint density at radius 2 is 1.97 bits per heavy atom. The summed E-state index contributed by atoms with van der Waals surface area (Å²) in [5.74, 6) is 0.945. The van der Waals surface area contributed by atoms with Gasteiger partial charge < -0.3 is 10.1 Å². The number of hydrogen-bond acceptors (Lipinski definition) is 5. The number of fused-ring (bicyclic) bond motifs is 3. The van der Waals surface area contributed by atoms with E-state index in [1.165, 1.54) is 6.07 Å². The molecule has 0 unspecified atom stereocenters. The molecule has 0 saturated carbocycles.